The SMILES string of the molecule is COc1ccc(S(=O)(=O)N2CCCCCC2)cc1C(=O)N1CCC(CC(=O)N2CCCC2)CC1. The number of ether oxygens (including phenoxy) is 1. The summed E-state index contributed by atoms with van der Waals surface area (Å²) in [4.78, 5) is 29.7. The molecule has 8 nitrogen and oxygen atoms in total. The maximum absolute atomic E-state index is 13.4. The van der Waals surface area contributed by atoms with Crippen LogP contribution < -0.4 is 4.74 Å². The minimum Gasteiger partial charge on any atom is -0.496 e. The Morgan fingerprint density at radius 1 is 0.882 bits per heavy atom. The van der Waals surface area contributed by atoms with Gasteiger partial charge in [0.25, 0.3) is 5.91 Å². The first kappa shape index (κ1) is 25.0. The van der Waals surface area contributed by atoms with E-state index in [1.165, 1.54) is 19.2 Å². The zero-order valence-corrected chi connectivity index (χ0v) is 21.0. The Morgan fingerprint density at radius 2 is 1.50 bits per heavy atom. The lowest BCUT2D eigenvalue weighted by Gasteiger charge is -2.33. The predicted molar refractivity (Wildman–Crippen MR) is 129 cm³/mol. The van der Waals surface area contributed by atoms with Gasteiger partial charge in [0.2, 0.25) is 15.9 Å². The molecule has 3 heterocycles. The molecule has 1 aromatic rings. The van der Waals surface area contributed by atoms with Gasteiger partial charge in [0, 0.05) is 45.7 Å². The number of carbonyl (C=O) groups excluding carboxylic acids is 2. The molecule has 0 aliphatic carbocycles. The fourth-order valence-electron chi connectivity index (χ4n) is 5.30. The van der Waals surface area contributed by atoms with Gasteiger partial charge in [0.15, 0.2) is 0 Å². The maximum Gasteiger partial charge on any atom is 0.257 e. The van der Waals surface area contributed by atoms with Crippen molar-refractivity contribution in [3.05, 3.63) is 23.8 Å². The van der Waals surface area contributed by atoms with Crippen molar-refractivity contribution in [1.82, 2.24) is 14.1 Å². The van der Waals surface area contributed by atoms with Gasteiger partial charge in [-0.15, -0.1) is 0 Å². The first-order chi connectivity index (χ1) is 16.4. The Hall–Kier alpha value is -2.13. The average Bonchev–Trinajstić information content (AvgIpc) is 3.25. The molecule has 3 fully saturated rings. The quantitative estimate of drug-likeness (QED) is 0.610. The van der Waals surface area contributed by atoms with Gasteiger partial charge in [0.1, 0.15) is 5.75 Å². The highest BCUT2D eigenvalue weighted by atomic mass is 32.2. The summed E-state index contributed by atoms with van der Waals surface area (Å²) in [6, 6.07) is 4.59. The summed E-state index contributed by atoms with van der Waals surface area (Å²) >= 11 is 0. The summed E-state index contributed by atoms with van der Waals surface area (Å²) in [5.74, 6) is 0.685. The summed E-state index contributed by atoms with van der Waals surface area (Å²) in [6.07, 6.45) is 8.08. The lowest BCUT2D eigenvalue weighted by molar-refractivity contribution is -0.131. The minimum absolute atomic E-state index is 0.143. The Kier molecular flexibility index (Phi) is 8.14. The van der Waals surface area contributed by atoms with E-state index in [1.54, 1.807) is 15.3 Å². The summed E-state index contributed by atoms with van der Waals surface area (Å²) < 4.78 is 33.5. The van der Waals surface area contributed by atoms with Crippen LogP contribution in [0.25, 0.3) is 0 Å². The first-order valence-electron chi connectivity index (χ1n) is 12.7. The number of carbonyl (C=O) groups is 2. The molecule has 0 radical (unpaired) electrons. The number of piperidine rings is 1. The van der Waals surface area contributed by atoms with Crippen LogP contribution in [-0.2, 0) is 14.8 Å². The minimum atomic E-state index is -3.66. The van der Waals surface area contributed by atoms with Crippen molar-refractivity contribution < 1.29 is 22.7 Å². The average molecular weight is 492 g/mol. The van der Waals surface area contributed by atoms with E-state index in [1.807, 2.05) is 4.90 Å². The van der Waals surface area contributed by atoms with Gasteiger partial charge in [-0.25, -0.2) is 8.42 Å². The van der Waals surface area contributed by atoms with Gasteiger partial charge in [-0.3, -0.25) is 9.59 Å². The third kappa shape index (κ3) is 5.57. The van der Waals surface area contributed by atoms with Crippen LogP contribution in [0.4, 0.5) is 0 Å². The number of methoxy groups -OCH3 is 1. The molecular weight excluding hydrogens is 454 g/mol. The largest absolute Gasteiger partial charge is 0.496 e. The van der Waals surface area contributed by atoms with E-state index in [2.05, 4.69) is 0 Å². The molecule has 3 aliphatic heterocycles. The number of hydrogen-bond donors (Lipinski definition) is 0. The first-order valence-corrected chi connectivity index (χ1v) is 14.1. The van der Waals surface area contributed by atoms with Crippen molar-refractivity contribution in [1.29, 1.82) is 0 Å². The standard InChI is InChI=1S/C25H37N3O5S/c1-33-23-9-8-21(34(31,32)28-14-4-2-3-5-15-28)19-22(23)25(30)27-16-10-20(11-17-27)18-24(29)26-12-6-7-13-26/h8-9,19-20H,2-7,10-18H2,1H3. The van der Waals surface area contributed by atoms with Crippen molar-refractivity contribution in [2.75, 3.05) is 46.4 Å². The number of amides is 2. The van der Waals surface area contributed by atoms with Crippen LogP contribution >= 0.6 is 0 Å². The highest BCUT2D eigenvalue weighted by molar-refractivity contribution is 7.89. The Balaban J connectivity index is 1.43. The van der Waals surface area contributed by atoms with Crippen molar-refractivity contribution >= 4 is 21.8 Å². The van der Waals surface area contributed by atoms with E-state index in [-0.39, 0.29) is 28.2 Å². The van der Waals surface area contributed by atoms with Crippen molar-refractivity contribution in [2.24, 2.45) is 5.92 Å². The Morgan fingerprint density at radius 3 is 2.12 bits per heavy atom. The normalized spacial score (nSPS) is 20.9. The van der Waals surface area contributed by atoms with Crippen molar-refractivity contribution in [3.63, 3.8) is 0 Å². The molecule has 0 bridgehead atoms. The molecule has 34 heavy (non-hydrogen) atoms. The smallest absolute Gasteiger partial charge is 0.257 e. The van der Waals surface area contributed by atoms with E-state index in [9.17, 15) is 18.0 Å². The van der Waals surface area contributed by atoms with Gasteiger partial charge < -0.3 is 14.5 Å². The molecule has 0 spiro atoms. The summed E-state index contributed by atoms with van der Waals surface area (Å²) in [5.41, 5.74) is 0.282. The molecule has 2 amide bonds. The lowest BCUT2D eigenvalue weighted by atomic mass is 9.92. The third-order valence-corrected chi connectivity index (χ3v) is 9.32. The Bertz CT molecular complexity index is 974. The second-order valence-electron chi connectivity index (χ2n) is 9.71. The highest BCUT2D eigenvalue weighted by Crippen LogP contribution is 2.29. The molecule has 0 saturated carbocycles. The van der Waals surface area contributed by atoms with Crippen LogP contribution in [0, 0.1) is 5.92 Å². The topological polar surface area (TPSA) is 87.2 Å². The van der Waals surface area contributed by atoms with Crippen LogP contribution in [0.1, 0.15) is 68.1 Å². The number of benzene rings is 1. The fourth-order valence-corrected chi connectivity index (χ4v) is 6.84. The lowest BCUT2D eigenvalue weighted by Crippen LogP contribution is -2.40. The van der Waals surface area contributed by atoms with E-state index >= 15 is 0 Å². The second kappa shape index (κ2) is 11.1. The summed E-state index contributed by atoms with van der Waals surface area (Å²) in [7, 11) is -2.17. The fraction of sp³-hybridized carbons (Fsp3) is 0.680. The van der Waals surface area contributed by atoms with Gasteiger partial charge in [-0.1, -0.05) is 12.8 Å². The number of likely N-dealkylation sites (tertiary alicyclic amines) is 2. The highest BCUT2D eigenvalue weighted by Gasteiger charge is 2.31. The molecule has 9 heteroatoms. The zero-order valence-electron chi connectivity index (χ0n) is 20.2. The molecule has 1 aromatic carbocycles. The van der Waals surface area contributed by atoms with Gasteiger partial charge in [0.05, 0.1) is 17.6 Å². The van der Waals surface area contributed by atoms with Crippen molar-refractivity contribution in [3.8, 4) is 5.75 Å². The molecule has 0 N–H and O–H groups in total. The van der Waals surface area contributed by atoms with E-state index in [0.29, 0.717) is 38.3 Å². The van der Waals surface area contributed by atoms with E-state index in [0.717, 1.165) is 64.5 Å². The molecule has 0 aromatic heterocycles. The predicted octanol–water partition coefficient (Wildman–Crippen LogP) is 3.12. The van der Waals surface area contributed by atoms with Crippen molar-refractivity contribution in [2.45, 2.75) is 62.7 Å². The number of hydrogen-bond acceptors (Lipinski definition) is 5. The molecule has 3 saturated heterocycles. The van der Waals surface area contributed by atoms with E-state index in [4.69, 9.17) is 4.74 Å². The number of sulfonamides is 1. The summed E-state index contributed by atoms with van der Waals surface area (Å²) in [6.45, 7) is 3.88. The van der Waals surface area contributed by atoms with E-state index < -0.39 is 10.0 Å². The summed E-state index contributed by atoms with van der Waals surface area (Å²) in [5, 5.41) is 0. The number of nitrogens with zero attached hydrogens (tertiary/aromatic N) is 3. The molecular formula is C25H37N3O5S. The molecule has 3 aliphatic rings. The van der Waals surface area contributed by atoms with Gasteiger partial charge >= 0.3 is 0 Å². The van der Waals surface area contributed by atoms with Crippen LogP contribution in [0.5, 0.6) is 5.75 Å². The molecule has 4 rings (SSSR count). The van der Waals surface area contributed by atoms with Gasteiger partial charge in [-0.2, -0.15) is 4.31 Å². The van der Waals surface area contributed by atoms with Crippen LogP contribution in [-0.4, -0.2) is 80.7 Å². The van der Waals surface area contributed by atoms with Gasteiger partial charge in [-0.05, 0) is 62.6 Å². The molecule has 0 atom stereocenters. The second-order valence-corrected chi connectivity index (χ2v) is 11.6. The Labute approximate surface area is 203 Å². The van der Waals surface area contributed by atoms with Crippen LogP contribution in [0.2, 0.25) is 0 Å². The molecule has 188 valence electrons. The van der Waals surface area contributed by atoms with Crippen LogP contribution in [0.3, 0.4) is 0 Å². The van der Waals surface area contributed by atoms with Crippen LogP contribution in [0.15, 0.2) is 23.1 Å². The monoisotopic (exact) mass is 491 g/mol. The number of rotatable bonds is 6. The maximum atomic E-state index is 13.4. The molecule has 0 unspecified atom stereocenters. The zero-order chi connectivity index (χ0) is 24.1. The third-order valence-electron chi connectivity index (χ3n) is 7.43.